The van der Waals surface area contributed by atoms with Gasteiger partial charge in [0.25, 0.3) is 0 Å². The fraction of sp³-hybridized carbons (Fsp3) is 0.429. The van der Waals surface area contributed by atoms with Crippen LogP contribution < -0.4 is 0 Å². The van der Waals surface area contributed by atoms with Crippen LogP contribution in [0.3, 0.4) is 0 Å². The topological polar surface area (TPSA) is 44.1 Å². The van der Waals surface area contributed by atoms with E-state index in [-0.39, 0.29) is 12.2 Å². The van der Waals surface area contributed by atoms with Crippen LogP contribution in [0.1, 0.15) is 17.3 Å². The molecular weight excluding hydrogens is 163 g/mol. The van der Waals surface area contributed by atoms with Crippen LogP contribution in [0.15, 0.2) is 6.20 Å². The minimum absolute atomic E-state index is 0.126. The monoisotopic (exact) mass is 172 g/mol. The lowest BCUT2D eigenvalue weighted by molar-refractivity contribution is 0.0521. The Morgan fingerprint density at radius 2 is 2.50 bits per heavy atom. The number of hydrogen-bond donors (Lipinski definition) is 0. The second kappa shape index (κ2) is 3.34. The van der Waals surface area contributed by atoms with E-state index >= 15 is 0 Å². The number of halogens is 1. The lowest BCUT2D eigenvalue weighted by Crippen LogP contribution is -2.05. The molecule has 0 radical (unpaired) electrons. The number of hydrogen-bond acceptors (Lipinski definition) is 3. The van der Waals surface area contributed by atoms with Gasteiger partial charge in [0, 0.05) is 13.2 Å². The van der Waals surface area contributed by atoms with Crippen molar-refractivity contribution in [3.63, 3.8) is 0 Å². The van der Waals surface area contributed by atoms with Crippen molar-refractivity contribution in [2.45, 2.75) is 6.92 Å². The summed E-state index contributed by atoms with van der Waals surface area (Å²) in [7, 11) is 1.53. The van der Waals surface area contributed by atoms with Gasteiger partial charge in [-0.3, -0.25) is 4.68 Å². The lowest BCUT2D eigenvalue weighted by Gasteiger charge is -1.96. The molecule has 1 aromatic rings. The van der Waals surface area contributed by atoms with Crippen molar-refractivity contribution < 1.29 is 13.9 Å². The smallest absolute Gasteiger partial charge is 0.344 e. The Bertz CT molecular complexity index is 296. The second-order valence-electron chi connectivity index (χ2n) is 2.23. The molecule has 0 spiro atoms. The summed E-state index contributed by atoms with van der Waals surface area (Å²) >= 11 is 0. The lowest BCUT2D eigenvalue weighted by atomic mass is 10.4. The molecule has 0 N–H and O–H groups in total. The third kappa shape index (κ3) is 1.61. The van der Waals surface area contributed by atoms with Gasteiger partial charge in [0.05, 0.1) is 6.61 Å². The zero-order valence-electron chi connectivity index (χ0n) is 6.87. The van der Waals surface area contributed by atoms with Crippen molar-refractivity contribution in [3.8, 4) is 0 Å². The SMILES string of the molecule is CCOC(=O)c1cn(C)nc1F. The van der Waals surface area contributed by atoms with E-state index in [4.69, 9.17) is 0 Å². The molecular formula is C7H9FN2O2. The number of esters is 1. The molecule has 0 aliphatic rings. The molecule has 0 saturated carbocycles. The quantitative estimate of drug-likeness (QED) is 0.618. The summed E-state index contributed by atoms with van der Waals surface area (Å²) in [5, 5.41) is 3.36. The molecule has 12 heavy (non-hydrogen) atoms. The highest BCUT2D eigenvalue weighted by molar-refractivity contribution is 5.89. The Labute approximate surface area is 68.9 Å². The standard InChI is InChI=1S/C7H9FN2O2/c1-3-12-7(11)5-4-10(2)9-6(5)8/h4H,3H2,1-2H3. The van der Waals surface area contributed by atoms with Gasteiger partial charge >= 0.3 is 5.97 Å². The summed E-state index contributed by atoms with van der Waals surface area (Å²) in [6.07, 6.45) is 1.29. The third-order valence-corrected chi connectivity index (χ3v) is 1.28. The molecule has 0 aliphatic carbocycles. The average Bonchev–Trinajstić information content (AvgIpc) is 2.30. The van der Waals surface area contributed by atoms with E-state index in [1.165, 1.54) is 17.9 Å². The first-order chi connectivity index (χ1) is 5.65. The summed E-state index contributed by atoms with van der Waals surface area (Å²) in [6, 6.07) is 0. The Morgan fingerprint density at radius 1 is 1.83 bits per heavy atom. The summed E-state index contributed by atoms with van der Waals surface area (Å²) in [4.78, 5) is 11.0. The van der Waals surface area contributed by atoms with Crippen LogP contribution >= 0.6 is 0 Å². The molecule has 1 heterocycles. The first-order valence-electron chi connectivity index (χ1n) is 3.51. The molecule has 1 rings (SSSR count). The number of nitrogens with zero attached hydrogens (tertiary/aromatic N) is 2. The molecule has 0 unspecified atom stereocenters. The summed E-state index contributed by atoms with van der Waals surface area (Å²) < 4.78 is 18.6. The Kier molecular flexibility index (Phi) is 2.42. The molecule has 66 valence electrons. The van der Waals surface area contributed by atoms with Crippen molar-refractivity contribution in [1.82, 2.24) is 9.78 Å². The van der Waals surface area contributed by atoms with Gasteiger partial charge in [0.2, 0.25) is 5.95 Å². The number of carbonyl (C=O) groups excluding carboxylic acids is 1. The van der Waals surface area contributed by atoms with Crippen LogP contribution in [-0.2, 0) is 11.8 Å². The van der Waals surface area contributed by atoms with Gasteiger partial charge < -0.3 is 4.74 Å². The maximum absolute atomic E-state index is 12.8. The van der Waals surface area contributed by atoms with Crippen LogP contribution in [0.5, 0.6) is 0 Å². The van der Waals surface area contributed by atoms with Crippen LogP contribution in [0, 0.1) is 5.95 Å². The molecule has 0 fully saturated rings. The number of ether oxygens (including phenoxy) is 1. The van der Waals surface area contributed by atoms with Gasteiger partial charge in [-0.15, -0.1) is 5.10 Å². The van der Waals surface area contributed by atoms with Gasteiger partial charge in [0.15, 0.2) is 0 Å². The van der Waals surface area contributed by atoms with Crippen LogP contribution in [0.25, 0.3) is 0 Å². The van der Waals surface area contributed by atoms with E-state index < -0.39 is 11.9 Å². The Balaban J connectivity index is 2.87. The highest BCUT2D eigenvalue weighted by Crippen LogP contribution is 2.05. The number of rotatable bonds is 2. The molecule has 0 atom stereocenters. The number of aryl methyl sites for hydroxylation is 1. The van der Waals surface area contributed by atoms with E-state index in [2.05, 4.69) is 9.84 Å². The minimum atomic E-state index is -0.795. The predicted molar refractivity (Wildman–Crippen MR) is 39.1 cm³/mol. The van der Waals surface area contributed by atoms with Gasteiger partial charge in [0.1, 0.15) is 5.56 Å². The first kappa shape index (κ1) is 8.70. The van der Waals surface area contributed by atoms with E-state index in [0.29, 0.717) is 0 Å². The maximum Gasteiger partial charge on any atom is 0.344 e. The fourth-order valence-corrected chi connectivity index (χ4v) is 0.807. The average molecular weight is 172 g/mol. The van der Waals surface area contributed by atoms with Crippen molar-refractivity contribution in [1.29, 1.82) is 0 Å². The van der Waals surface area contributed by atoms with Gasteiger partial charge in [-0.05, 0) is 6.92 Å². The number of aromatic nitrogens is 2. The zero-order valence-corrected chi connectivity index (χ0v) is 6.87. The highest BCUT2D eigenvalue weighted by atomic mass is 19.1. The molecule has 1 aromatic heterocycles. The van der Waals surface area contributed by atoms with Crippen molar-refractivity contribution >= 4 is 5.97 Å². The van der Waals surface area contributed by atoms with E-state index in [0.717, 1.165) is 0 Å². The van der Waals surface area contributed by atoms with Crippen molar-refractivity contribution in [3.05, 3.63) is 17.7 Å². The number of carbonyl (C=O) groups is 1. The second-order valence-corrected chi connectivity index (χ2v) is 2.23. The van der Waals surface area contributed by atoms with E-state index in [9.17, 15) is 9.18 Å². The highest BCUT2D eigenvalue weighted by Gasteiger charge is 2.15. The third-order valence-electron chi connectivity index (χ3n) is 1.28. The molecule has 4 nitrogen and oxygen atoms in total. The van der Waals surface area contributed by atoms with E-state index in [1.807, 2.05) is 0 Å². The van der Waals surface area contributed by atoms with Crippen molar-refractivity contribution in [2.75, 3.05) is 6.61 Å². The molecule has 0 saturated heterocycles. The van der Waals surface area contributed by atoms with Gasteiger partial charge in [-0.1, -0.05) is 0 Å². The summed E-state index contributed by atoms with van der Waals surface area (Å²) in [5.74, 6) is -1.47. The first-order valence-corrected chi connectivity index (χ1v) is 3.51. The van der Waals surface area contributed by atoms with Crippen LogP contribution in [0.2, 0.25) is 0 Å². The minimum Gasteiger partial charge on any atom is -0.462 e. The molecule has 0 bridgehead atoms. The van der Waals surface area contributed by atoms with Gasteiger partial charge in [-0.2, -0.15) is 4.39 Å². The Morgan fingerprint density at radius 3 is 2.92 bits per heavy atom. The van der Waals surface area contributed by atoms with E-state index in [1.54, 1.807) is 6.92 Å². The maximum atomic E-state index is 12.8. The summed E-state index contributed by atoms with van der Waals surface area (Å²) in [6.45, 7) is 1.89. The predicted octanol–water partition coefficient (Wildman–Crippen LogP) is 0.736. The van der Waals surface area contributed by atoms with Crippen molar-refractivity contribution in [2.24, 2.45) is 7.05 Å². The van der Waals surface area contributed by atoms with Gasteiger partial charge in [-0.25, -0.2) is 4.79 Å². The molecule has 0 amide bonds. The Hall–Kier alpha value is -1.39. The molecule has 5 heteroatoms. The molecule has 0 aromatic carbocycles. The van der Waals surface area contributed by atoms with Crippen LogP contribution in [-0.4, -0.2) is 22.4 Å². The van der Waals surface area contributed by atoms with Crippen LogP contribution in [0.4, 0.5) is 4.39 Å². The molecule has 0 aliphatic heterocycles. The normalized spacial score (nSPS) is 9.92. The zero-order chi connectivity index (χ0) is 9.14. The fourth-order valence-electron chi connectivity index (χ4n) is 0.807. The summed E-state index contributed by atoms with van der Waals surface area (Å²) in [5.41, 5.74) is -0.126. The largest absolute Gasteiger partial charge is 0.462 e.